The van der Waals surface area contributed by atoms with Crippen molar-refractivity contribution in [2.45, 2.75) is 26.2 Å². The van der Waals surface area contributed by atoms with Crippen molar-refractivity contribution >= 4 is 22.4 Å². The van der Waals surface area contributed by atoms with E-state index in [2.05, 4.69) is 20.5 Å². The molecule has 112 valence electrons. The largest absolute Gasteiger partial charge is 0.324 e. The second-order valence-electron chi connectivity index (χ2n) is 6.25. The van der Waals surface area contributed by atoms with Crippen LogP contribution in [0, 0.1) is 0 Å². The predicted molar refractivity (Wildman–Crippen MR) is 88.6 cm³/mol. The first-order chi connectivity index (χ1) is 10.4. The van der Waals surface area contributed by atoms with Crippen molar-refractivity contribution in [3.8, 4) is 0 Å². The van der Waals surface area contributed by atoms with Crippen LogP contribution in [0.4, 0.5) is 11.6 Å². The Hall–Kier alpha value is -2.69. The molecule has 1 aromatic heterocycles. The van der Waals surface area contributed by atoms with E-state index in [1.807, 2.05) is 63.2 Å². The Bertz CT molecular complexity index is 872. The molecule has 0 unspecified atom stereocenters. The van der Waals surface area contributed by atoms with Crippen LogP contribution < -0.4 is 10.9 Å². The first-order valence-corrected chi connectivity index (χ1v) is 7.17. The van der Waals surface area contributed by atoms with Gasteiger partial charge in [0.05, 0.1) is 0 Å². The Morgan fingerprint density at radius 1 is 1.00 bits per heavy atom. The van der Waals surface area contributed by atoms with E-state index in [0.717, 1.165) is 16.5 Å². The monoisotopic (exact) mass is 294 g/mol. The van der Waals surface area contributed by atoms with Gasteiger partial charge < -0.3 is 5.32 Å². The van der Waals surface area contributed by atoms with E-state index in [9.17, 15) is 4.79 Å². The van der Waals surface area contributed by atoms with Gasteiger partial charge in [-0.25, -0.2) is 0 Å². The molecule has 0 spiro atoms. The Morgan fingerprint density at radius 3 is 2.45 bits per heavy atom. The summed E-state index contributed by atoms with van der Waals surface area (Å²) in [6, 6.07) is 14.0. The molecule has 0 saturated carbocycles. The molecule has 22 heavy (non-hydrogen) atoms. The van der Waals surface area contributed by atoms with Gasteiger partial charge in [0, 0.05) is 16.5 Å². The molecule has 0 saturated heterocycles. The second-order valence-corrected chi connectivity index (χ2v) is 6.25. The van der Waals surface area contributed by atoms with Crippen LogP contribution in [0.5, 0.6) is 0 Å². The molecule has 1 heterocycles. The minimum atomic E-state index is -0.335. The van der Waals surface area contributed by atoms with Crippen molar-refractivity contribution < 1.29 is 0 Å². The van der Waals surface area contributed by atoms with Crippen LogP contribution >= 0.6 is 0 Å². The van der Waals surface area contributed by atoms with Crippen molar-refractivity contribution in [3.63, 3.8) is 0 Å². The lowest BCUT2D eigenvalue weighted by Crippen LogP contribution is -2.28. The predicted octanol–water partition coefficient (Wildman–Crippen LogP) is 3.36. The van der Waals surface area contributed by atoms with Crippen LogP contribution in [-0.4, -0.2) is 15.2 Å². The fourth-order valence-electron chi connectivity index (χ4n) is 2.35. The first-order valence-electron chi connectivity index (χ1n) is 7.17. The smallest absolute Gasteiger partial charge is 0.274 e. The van der Waals surface area contributed by atoms with Gasteiger partial charge in [-0.05, 0) is 11.5 Å². The maximum Gasteiger partial charge on any atom is 0.274 e. The molecule has 0 aliphatic carbocycles. The van der Waals surface area contributed by atoms with E-state index in [0.29, 0.717) is 11.6 Å². The normalized spacial score (nSPS) is 11.6. The number of aromatic amines is 1. The van der Waals surface area contributed by atoms with Gasteiger partial charge in [-0.3, -0.25) is 9.78 Å². The molecule has 0 radical (unpaired) electrons. The summed E-state index contributed by atoms with van der Waals surface area (Å²) in [6.45, 7) is 5.80. The lowest BCUT2D eigenvalue weighted by atomic mass is 9.93. The maximum atomic E-state index is 12.1. The number of H-pyrrole nitrogens is 1. The van der Waals surface area contributed by atoms with E-state index in [1.165, 1.54) is 0 Å². The molecule has 0 atom stereocenters. The second kappa shape index (κ2) is 5.26. The van der Waals surface area contributed by atoms with Crippen LogP contribution in [0.15, 0.2) is 47.3 Å². The van der Waals surface area contributed by atoms with Crippen LogP contribution in [0.1, 0.15) is 26.5 Å². The van der Waals surface area contributed by atoms with Gasteiger partial charge in [0.25, 0.3) is 5.56 Å². The highest BCUT2D eigenvalue weighted by Gasteiger charge is 2.20. The summed E-state index contributed by atoms with van der Waals surface area (Å²) in [7, 11) is 0. The van der Waals surface area contributed by atoms with Gasteiger partial charge in [-0.15, -0.1) is 10.2 Å². The molecule has 0 aliphatic heterocycles. The van der Waals surface area contributed by atoms with Crippen molar-refractivity contribution in [3.05, 3.63) is 58.5 Å². The summed E-state index contributed by atoms with van der Waals surface area (Å²) in [4.78, 5) is 14.9. The Balaban J connectivity index is 1.99. The Morgan fingerprint density at radius 2 is 1.73 bits per heavy atom. The van der Waals surface area contributed by atoms with Gasteiger partial charge in [0.2, 0.25) is 5.95 Å². The molecule has 0 bridgehead atoms. The van der Waals surface area contributed by atoms with E-state index < -0.39 is 0 Å². The van der Waals surface area contributed by atoms with Gasteiger partial charge in [0.15, 0.2) is 0 Å². The van der Waals surface area contributed by atoms with Gasteiger partial charge in [-0.2, -0.15) is 0 Å². The number of hydrogen-bond acceptors (Lipinski definition) is 4. The zero-order chi connectivity index (χ0) is 15.7. The number of benzene rings is 2. The summed E-state index contributed by atoms with van der Waals surface area (Å²) in [6.07, 6.45) is 0. The molecule has 2 aromatic carbocycles. The lowest BCUT2D eigenvalue weighted by Gasteiger charge is -2.15. The molecule has 3 rings (SSSR count). The van der Waals surface area contributed by atoms with E-state index in [-0.39, 0.29) is 11.0 Å². The fraction of sp³-hybridized carbons (Fsp3) is 0.235. The molecule has 3 aromatic rings. The zero-order valence-electron chi connectivity index (χ0n) is 12.8. The molecule has 5 nitrogen and oxygen atoms in total. The fourth-order valence-corrected chi connectivity index (χ4v) is 2.35. The third kappa shape index (κ3) is 2.70. The summed E-state index contributed by atoms with van der Waals surface area (Å²) in [5.41, 5.74) is 0.756. The molecule has 0 amide bonds. The zero-order valence-corrected chi connectivity index (χ0v) is 12.8. The number of rotatable bonds is 2. The number of fused-ring (bicyclic) bond motifs is 1. The Labute approximate surface area is 128 Å². The van der Waals surface area contributed by atoms with Crippen molar-refractivity contribution in [2.75, 3.05) is 5.32 Å². The molecule has 2 N–H and O–H groups in total. The van der Waals surface area contributed by atoms with E-state index in [1.54, 1.807) is 0 Å². The van der Waals surface area contributed by atoms with E-state index in [4.69, 9.17) is 0 Å². The van der Waals surface area contributed by atoms with Crippen LogP contribution in [0.25, 0.3) is 10.8 Å². The molecular formula is C17H18N4O. The number of aromatic nitrogens is 3. The maximum absolute atomic E-state index is 12.1. The summed E-state index contributed by atoms with van der Waals surface area (Å²) in [5, 5.41) is 13.5. The van der Waals surface area contributed by atoms with Crippen molar-refractivity contribution in [1.82, 2.24) is 15.2 Å². The highest BCUT2D eigenvalue weighted by molar-refractivity contribution is 5.94. The van der Waals surface area contributed by atoms with Crippen LogP contribution in [-0.2, 0) is 5.41 Å². The van der Waals surface area contributed by atoms with Gasteiger partial charge in [0.1, 0.15) is 5.69 Å². The number of nitrogens with zero attached hydrogens (tertiary/aromatic N) is 2. The van der Waals surface area contributed by atoms with E-state index >= 15 is 0 Å². The SMILES string of the molecule is CC(C)(C)c1nnc(Nc2cccc3ccccc23)[nH]c1=O. The quantitative estimate of drug-likeness (QED) is 0.760. The van der Waals surface area contributed by atoms with Crippen LogP contribution in [0.2, 0.25) is 0 Å². The number of nitrogens with one attached hydrogen (secondary N) is 2. The van der Waals surface area contributed by atoms with Gasteiger partial charge >= 0.3 is 0 Å². The average Bonchev–Trinajstić information content (AvgIpc) is 2.46. The third-order valence-corrected chi connectivity index (χ3v) is 3.45. The summed E-state index contributed by atoms with van der Waals surface area (Å²) >= 11 is 0. The van der Waals surface area contributed by atoms with Gasteiger partial charge in [-0.1, -0.05) is 57.2 Å². The average molecular weight is 294 g/mol. The number of anilines is 2. The molecule has 0 fully saturated rings. The first kappa shape index (κ1) is 14.3. The summed E-state index contributed by atoms with van der Waals surface area (Å²) < 4.78 is 0. The summed E-state index contributed by atoms with van der Waals surface area (Å²) in [5.74, 6) is 0.342. The number of hydrogen-bond donors (Lipinski definition) is 2. The molecule has 5 heteroatoms. The lowest BCUT2D eigenvalue weighted by molar-refractivity contribution is 0.547. The standard InChI is InChI=1S/C17H18N4O/c1-17(2,3)14-15(22)19-16(21-20-14)18-13-10-6-8-11-7-4-5-9-12(11)13/h4-10H,1-3H3,(H2,18,19,21,22). The highest BCUT2D eigenvalue weighted by atomic mass is 16.1. The van der Waals surface area contributed by atoms with Crippen molar-refractivity contribution in [1.29, 1.82) is 0 Å². The minimum Gasteiger partial charge on any atom is -0.324 e. The highest BCUT2D eigenvalue weighted by Crippen LogP contribution is 2.24. The minimum absolute atomic E-state index is 0.217. The Kier molecular flexibility index (Phi) is 3.41. The van der Waals surface area contributed by atoms with Crippen molar-refractivity contribution in [2.24, 2.45) is 0 Å². The van der Waals surface area contributed by atoms with Crippen LogP contribution in [0.3, 0.4) is 0 Å². The third-order valence-electron chi connectivity index (χ3n) is 3.45. The topological polar surface area (TPSA) is 70.7 Å². The molecular weight excluding hydrogens is 276 g/mol. The molecule has 0 aliphatic rings.